The molecule has 0 bridgehead atoms. The lowest BCUT2D eigenvalue weighted by atomic mass is 9.96. The number of carbonyl (C=O) groups is 1. The lowest BCUT2D eigenvalue weighted by Crippen LogP contribution is -2.44. The van der Waals surface area contributed by atoms with Crippen molar-refractivity contribution in [2.24, 2.45) is 14.1 Å². The molecule has 0 saturated carbocycles. The molecule has 2 atom stereocenters. The number of benzene rings is 2. The third kappa shape index (κ3) is 5.08. The van der Waals surface area contributed by atoms with Crippen molar-refractivity contribution in [2.45, 2.75) is 50.6 Å². The van der Waals surface area contributed by atoms with E-state index < -0.39 is 11.2 Å². The van der Waals surface area contributed by atoms with Crippen LogP contribution in [0.3, 0.4) is 0 Å². The Balaban J connectivity index is 1.13. The van der Waals surface area contributed by atoms with E-state index in [1.165, 1.54) is 23.4 Å². The second-order valence-electron chi connectivity index (χ2n) is 13.6. The predicted molar refractivity (Wildman–Crippen MR) is 192 cm³/mol. The van der Waals surface area contributed by atoms with Gasteiger partial charge >= 0.3 is 5.69 Å². The third-order valence-corrected chi connectivity index (χ3v) is 11.2. The maximum absolute atomic E-state index is 13.2. The van der Waals surface area contributed by atoms with Crippen LogP contribution in [0, 0.1) is 6.92 Å². The Kier molecular flexibility index (Phi) is 7.76. The van der Waals surface area contributed by atoms with Gasteiger partial charge in [0.2, 0.25) is 11.8 Å². The van der Waals surface area contributed by atoms with Crippen LogP contribution in [-0.2, 0) is 25.3 Å². The van der Waals surface area contributed by atoms with Crippen LogP contribution in [0.2, 0.25) is 5.02 Å². The molecular weight excluding hydrogens is 656 g/mol. The van der Waals surface area contributed by atoms with Gasteiger partial charge < -0.3 is 15.4 Å². The predicted octanol–water partition coefficient (Wildman–Crippen LogP) is 4.81. The highest BCUT2D eigenvalue weighted by molar-refractivity contribution is 6.36. The molecule has 3 aromatic heterocycles. The number of aryl methyl sites for hydroxylation is 2. The van der Waals surface area contributed by atoms with Gasteiger partial charge in [-0.2, -0.15) is 5.10 Å². The summed E-state index contributed by atoms with van der Waals surface area (Å²) in [5, 5.41) is 15.7. The number of amides is 1. The topological polar surface area (TPSA) is 136 Å². The van der Waals surface area contributed by atoms with E-state index in [4.69, 9.17) is 21.3 Å². The average molecular weight is 693 g/mol. The van der Waals surface area contributed by atoms with E-state index in [-0.39, 0.29) is 28.7 Å². The monoisotopic (exact) mass is 692 g/mol. The van der Waals surface area contributed by atoms with E-state index >= 15 is 0 Å². The summed E-state index contributed by atoms with van der Waals surface area (Å²) in [6.45, 7) is 3.75. The number of anilines is 2. The van der Waals surface area contributed by atoms with Crippen LogP contribution in [0.25, 0.3) is 33.3 Å². The Bertz CT molecular complexity index is 2350. The van der Waals surface area contributed by atoms with Crippen molar-refractivity contribution in [3.05, 3.63) is 91.2 Å². The van der Waals surface area contributed by atoms with Crippen molar-refractivity contribution in [3.63, 3.8) is 0 Å². The fourth-order valence-electron chi connectivity index (χ4n) is 8.13. The van der Waals surface area contributed by atoms with E-state index in [0.717, 1.165) is 76.9 Å². The number of likely N-dealkylation sites (tertiary alicyclic amines) is 1. The second-order valence-corrected chi connectivity index (χ2v) is 14.0. The van der Waals surface area contributed by atoms with Crippen molar-refractivity contribution in [2.75, 3.05) is 25.5 Å². The second kappa shape index (κ2) is 12.1. The molecule has 2 aliphatic heterocycles. The largest absolute Gasteiger partial charge is 0.481 e. The first-order valence-electron chi connectivity index (χ1n) is 16.8. The quantitative estimate of drug-likeness (QED) is 0.257. The lowest BCUT2D eigenvalue weighted by molar-refractivity contribution is -0.119. The van der Waals surface area contributed by atoms with Crippen LogP contribution < -0.4 is 26.6 Å². The van der Waals surface area contributed by atoms with Gasteiger partial charge in [-0.1, -0.05) is 41.9 Å². The highest BCUT2D eigenvalue weighted by Gasteiger charge is 2.46. The van der Waals surface area contributed by atoms with Gasteiger partial charge in [0.05, 0.1) is 35.1 Å². The van der Waals surface area contributed by atoms with Crippen molar-refractivity contribution in [1.82, 2.24) is 34.5 Å². The molecule has 2 N–H and O–H groups in total. The summed E-state index contributed by atoms with van der Waals surface area (Å²) in [5.74, 6) is 1.02. The smallest absolute Gasteiger partial charge is 0.330 e. The SMILES string of the molecule is COc1nc(-c2cccc(-c3cccc(Nc4nncc5c4c(=O)n(C)c(=O)n5C)c3C)c2Cl)cc2c1[C@H](N1CC[C@]3(CCC(=O)N3)C1)CC2. The number of halogens is 1. The molecule has 12 nitrogen and oxygen atoms in total. The van der Waals surface area contributed by atoms with Crippen LogP contribution in [0.15, 0.2) is 58.3 Å². The molecule has 2 aromatic carbocycles. The van der Waals surface area contributed by atoms with Gasteiger partial charge in [-0.05, 0) is 61.4 Å². The van der Waals surface area contributed by atoms with Gasteiger partial charge in [0.15, 0.2) is 5.82 Å². The fourth-order valence-corrected chi connectivity index (χ4v) is 8.46. The molecule has 1 amide bonds. The number of hydrogen-bond acceptors (Lipinski definition) is 9. The van der Waals surface area contributed by atoms with E-state index in [9.17, 15) is 14.4 Å². The molecule has 1 spiro atoms. The van der Waals surface area contributed by atoms with Crippen LogP contribution in [-0.4, -0.2) is 60.9 Å². The highest BCUT2D eigenvalue weighted by Crippen LogP contribution is 2.47. The summed E-state index contributed by atoms with van der Waals surface area (Å²) >= 11 is 7.23. The molecule has 0 radical (unpaired) electrons. The van der Waals surface area contributed by atoms with Gasteiger partial charge in [0.25, 0.3) is 5.56 Å². The number of pyridine rings is 1. The zero-order chi connectivity index (χ0) is 34.9. The molecule has 50 heavy (non-hydrogen) atoms. The zero-order valence-corrected chi connectivity index (χ0v) is 29.1. The van der Waals surface area contributed by atoms with Crippen LogP contribution >= 0.6 is 11.6 Å². The van der Waals surface area contributed by atoms with E-state index in [1.807, 2.05) is 43.3 Å². The van der Waals surface area contributed by atoms with Crippen molar-refractivity contribution in [3.8, 4) is 28.3 Å². The normalized spacial score (nSPS) is 20.1. The van der Waals surface area contributed by atoms with Crippen LogP contribution in [0.1, 0.15) is 48.4 Å². The summed E-state index contributed by atoms with van der Waals surface area (Å²) < 4.78 is 8.38. The Morgan fingerprint density at radius 3 is 2.58 bits per heavy atom. The Labute approximate surface area is 293 Å². The molecule has 3 aliphatic rings. The van der Waals surface area contributed by atoms with Crippen molar-refractivity contribution in [1.29, 1.82) is 0 Å². The standard InChI is InChI=1S/C37H37ClN8O4/c1-20-22(7-6-10-25(20)40-33-31-28(18-39-43-33)44(2)36(49)45(3)35(31)48)23-8-5-9-24(32(23)38)26-17-21-11-12-27(30(21)34(41-26)50-4)46-16-15-37(19-46)14-13-29(47)42-37/h5-10,17-18,27H,11-16,19H2,1-4H3,(H,40,43)(H,42,47)/t27-,37-/m1/s1. The maximum atomic E-state index is 13.2. The molecule has 1 aliphatic carbocycles. The number of fused-ring (bicyclic) bond motifs is 2. The number of carbonyl (C=O) groups excluding carboxylic acids is 1. The van der Waals surface area contributed by atoms with Crippen LogP contribution in [0.5, 0.6) is 5.88 Å². The first-order chi connectivity index (χ1) is 24.1. The molecule has 13 heteroatoms. The van der Waals surface area contributed by atoms with E-state index in [0.29, 0.717) is 28.5 Å². The summed E-state index contributed by atoms with van der Waals surface area (Å²) in [5.41, 5.74) is 6.57. The van der Waals surface area contributed by atoms with Gasteiger partial charge in [-0.15, -0.1) is 5.10 Å². The number of hydrogen-bond donors (Lipinski definition) is 2. The first-order valence-corrected chi connectivity index (χ1v) is 17.2. The summed E-state index contributed by atoms with van der Waals surface area (Å²) in [6, 6.07) is 14.1. The van der Waals surface area contributed by atoms with Gasteiger partial charge in [-0.3, -0.25) is 23.6 Å². The molecule has 2 saturated heterocycles. The number of nitrogens with zero attached hydrogens (tertiary/aromatic N) is 6. The fraction of sp³-hybridized carbons (Fsp3) is 0.351. The molecular formula is C37H37ClN8O4. The molecule has 256 valence electrons. The molecule has 8 rings (SSSR count). The first kappa shape index (κ1) is 32.2. The zero-order valence-electron chi connectivity index (χ0n) is 28.3. The number of methoxy groups -OCH3 is 1. The van der Waals surface area contributed by atoms with Crippen molar-refractivity contribution >= 4 is 39.9 Å². The third-order valence-electron chi connectivity index (χ3n) is 10.8. The Hall–Kier alpha value is -5.07. The summed E-state index contributed by atoms with van der Waals surface area (Å²) in [4.78, 5) is 45.2. The number of nitrogens with one attached hydrogen (secondary N) is 2. The number of rotatable bonds is 6. The highest BCUT2D eigenvalue weighted by atomic mass is 35.5. The molecule has 2 fully saturated rings. The van der Waals surface area contributed by atoms with Crippen molar-refractivity contribution < 1.29 is 9.53 Å². The Morgan fingerprint density at radius 2 is 1.80 bits per heavy atom. The lowest BCUT2D eigenvalue weighted by Gasteiger charge is -2.28. The number of aromatic nitrogens is 5. The van der Waals surface area contributed by atoms with Gasteiger partial charge in [-0.25, -0.2) is 9.78 Å². The Morgan fingerprint density at radius 1 is 1.02 bits per heavy atom. The van der Waals surface area contributed by atoms with Gasteiger partial charge in [0.1, 0.15) is 5.39 Å². The minimum atomic E-state index is -0.458. The minimum Gasteiger partial charge on any atom is -0.481 e. The molecule has 5 heterocycles. The molecule has 5 aromatic rings. The van der Waals surface area contributed by atoms with E-state index in [2.05, 4.69) is 31.8 Å². The van der Waals surface area contributed by atoms with Crippen LogP contribution in [0.4, 0.5) is 11.5 Å². The minimum absolute atomic E-state index is 0.113. The summed E-state index contributed by atoms with van der Waals surface area (Å²) in [6.07, 6.45) is 5.75. The molecule has 0 unspecified atom stereocenters. The number of ether oxygens (including phenoxy) is 1. The maximum Gasteiger partial charge on any atom is 0.330 e. The van der Waals surface area contributed by atoms with Gasteiger partial charge in [0, 0.05) is 62.0 Å². The summed E-state index contributed by atoms with van der Waals surface area (Å²) in [7, 11) is 4.71. The average Bonchev–Trinajstić information content (AvgIpc) is 3.84. The van der Waals surface area contributed by atoms with E-state index in [1.54, 1.807) is 14.2 Å².